The number of nitriles is 1. The van der Waals surface area contributed by atoms with Gasteiger partial charge in [0.05, 0.1) is 21.0 Å². The van der Waals surface area contributed by atoms with Crippen molar-refractivity contribution >= 4 is 27.1 Å². The van der Waals surface area contributed by atoms with Crippen LogP contribution in [0.5, 0.6) is 0 Å². The Morgan fingerprint density at radius 2 is 2.10 bits per heavy atom. The van der Waals surface area contributed by atoms with Crippen LogP contribution in [0.3, 0.4) is 0 Å². The highest BCUT2D eigenvalue weighted by Gasteiger charge is 2.17. The summed E-state index contributed by atoms with van der Waals surface area (Å²) >= 11 is 1.11. The SMILES string of the molecule is Cc1nc(C(N)=O)sc1-c1ccc(S(C)(=O)=O)c(C#N)c1. The Labute approximate surface area is 125 Å². The van der Waals surface area contributed by atoms with Crippen LogP contribution in [0.1, 0.15) is 21.1 Å². The minimum atomic E-state index is -3.47. The number of hydrogen-bond acceptors (Lipinski definition) is 6. The molecule has 1 amide bonds. The van der Waals surface area contributed by atoms with Gasteiger partial charge in [-0.25, -0.2) is 13.4 Å². The van der Waals surface area contributed by atoms with Crippen LogP contribution in [-0.2, 0) is 9.84 Å². The second kappa shape index (κ2) is 5.27. The molecule has 0 saturated carbocycles. The van der Waals surface area contributed by atoms with Crippen LogP contribution >= 0.6 is 11.3 Å². The van der Waals surface area contributed by atoms with Gasteiger partial charge in [-0.1, -0.05) is 6.07 Å². The highest BCUT2D eigenvalue weighted by atomic mass is 32.2. The van der Waals surface area contributed by atoms with Gasteiger partial charge < -0.3 is 5.73 Å². The lowest BCUT2D eigenvalue weighted by atomic mass is 10.1. The van der Waals surface area contributed by atoms with Gasteiger partial charge in [0.1, 0.15) is 6.07 Å². The van der Waals surface area contributed by atoms with Gasteiger partial charge in [0.15, 0.2) is 14.8 Å². The van der Waals surface area contributed by atoms with Gasteiger partial charge in [0.2, 0.25) is 0 Å². The Bertz CT molecular complexity index is 877. The molecule has 6 nitrogen and oxygen atoms in total. The molecule has 0 saturated heterocycles. The monoisotopic (exact) mass is 321 g/mol. The molecule has 0 fully saturated rings. The Balaban J connectivity index is 2.62. The van der Waals surface area contributed by atoms with Crippen LogP contribution in [0.2, 0.25) is 0 Å². The van der Waals surface area contributed by atoms with Crippen molar-refractivity contribution in [2.24, 2.45) is 5.73 Å². The van der Waals surface area contributed by atoms with E-state index in [1.807, 2.05) is 6.07 Å². The van der Waals surface area contributed by atoms with Crippen LogP contribution in [-0.4, -0.2) is 25.6 Å². The molecule has 0 spiro atoms. The van der Waals surface area contributed by atoms with E-state index in [4.69, 9.17) is 11.0 Å². The number of nitrogens with two attached hydrogens (primary N) is 1. The summed E-state index contributed by atoms with van der Waals surface area (Å²) < 4.78 is 23.2. The van der Waals surface area contributed by atoms with Gasteiger partial charge in [0.25, 0.3) is 5.91 Å². The first kappa shape index (κ1) is 15.2. The van der Waals surface area contributed by atoms with Crippen LogP contribution in [0.25, 0.3) is 10.4 Å². The lowest BCUT2D eigenvalue weighted by Crippen LogP contribution is -2.10. The van der Waals surface area contributed by atoms with Gasteiger partial charge >= 0.3 is 0 Å². The molecule has 8 heteroatoms. The summed E-state index contributed by atoms with van der Waals surface area (Å²) in [6, 6.07) is 6.32. The molecule has 1 aromatic carbocycles. The number of primary amides is 1. The van der Waals surface area contributed by atoms with Gasteiger partial charge in [-0.3, -0.25) is 4.79 Å². The number of carbonyl (C=O) groups is 1. The molecular formula is C13H11N3O3S2. The molecule has 1 aromatic heterocycles. The molecule has 0 atom stereocenters. The number of aromatic nitrogens is 1. The minimum absolute atomic E-state index is 0.0222. The van der Waals surface area contributed by atoms with E-state index >= 15 is 0 Å². The van der Waals surface area contributed by atoms with Crippen LogP contribution in [0, 0.1) is 18.3 Å². The number of nitrogens with zero attached hydrogens (tertiary/aromatic N) is 2. The second-order valence-corrected chi connectivity index (χ2v) is 7.38. The molecule has 0 bridgehead atoms. The number of hydrogen-bond donors (Lipinski definition) is 1. The van der Waals surface area contributed by atoms with E-state index < -0.39 is 15.7 Å². The highest BCUT2D eigenvalue weighted by molar-refractivity contribution is 7.90. The van der Waals surface area contributed by atoms with Gasteiger partial charge in [-0.05, 0) is 24.6 Å². The molecule has 0 aliphatic rings. The smallest absolute Gasteiger partial charge is 0.277 e. The summed E-state index contributed by atoms with van der Waals surface area (Å²) in [4.78, 5) is 15.9. The normalized spacial score (nSPS) is 11.1. The summed E-state index contributed by atoms with van der Waals surface area (Å²) in [5.74, 6) is -0.623. The van der Waals surface area contributed by atoms with Gasteiger partial charge in [-0.2, -0.15) is 5.26 Å². The number of carbonyl (C=O) groups excluding carboxylic acids is 1. The van der Waals surface area contributed by atoms with E-state index in [1.165, 1.54) is 12.1 Å². The number of benzene rings is 1. The van der Waals surface area contributed by atoms with E-state index in [2.05, 4.69) is 4.98 Å². The first-order chi connectivity index (χ1) is 9.74. The van der Waals surface area contributed by atoms with Crippen molar-refractivity contribution in [1.29, 1.82) is 5.26 Å². The number of sulfone groups is 1. The summed E-state index contributed by atoms with van der Waals surface area (Å²) in [5.41, 5.74) is 6.48. The molecule has 1 heterocycles. The quantitative estimate of drug-likeness (QED) is 0.920. The van der Waals surface area contributed by atoms with Crippen molar-refractivity contribution in [3.05, 3.63) is 34.5 Å². The fourth-order valence-electron chi connectivity index (χ4n) is 1.85. The van der Waals surface area contributed by atoms with E-state index in [-0.39, 0.29) is 15.5 Å². The molecule has 21 heavy (non-hydrogen) atoms. The zero-order chi connectivity index (χ0) is 15.8. The van der Waals surface area contributed by atoms with Crippen molar-refractivity contribution in [3.63, 3.8) is 0 Å². The minimum Gasteiger partial charge on any atom is -0.364 e. The van der Waals surface area contributed by atoms with Crippen molar-refractivity contribution in [1.82, 2.24) is 4.98 Å². The Morgan fingerprint density at radius 3 is 2.57 bits per heavy atom. The third-order valence-corrected chi connectivity index (χ3v) is 5.15. The molecule has 0 radical (unpaired) electrons. The number of amides is 1. The van der Waals surface area contributed by atoms with E-state index in [1.54, 1.807) is 13.0 Å². The first-order valence-electron chi connectivity index (χ1n) is 5.76. The van der Waals surface area contributed by atoms with Crippen molar-refractivity contribution in [2.45, 2.75) is 11.8 Å². The van der Waals surface area contributed by atoms with Crippen molar-refractivity contribution < 1.29 is 13.2 Å². The summed E-state index contributed by atoms with van der Waals surface area (Å²) in [6.45, 7) is 1.72. The maximum Gasteiger partial charge on any atom is 0.277 e. The number of thiazole rings is 1. The molecule has 2 rings (SSSR count). The zero-order valence-corrected chi connectivity index (χ0v) is 12.9. The molecule has 0 aliphatic carbocycles. The predicted molar refractivity (Wildman–Crippen MR) is 78.6 cm³/mol. The number of rotatable bonds is 3. The van der Waals surface area contributed by atoms with E-state index in [0.717, 1.165) is 17.6 Å². The van der Waals surface area contributed by atoms with E-state index in [9.17, 15) is 13.2 Å². The average molecular weight is 321 g/mol. The van der Waals surface area contributed by atoms with Crippen molar-refractivity contribution in [2.75, 3.05) is 6.26 Å². The fourth-order valence-corrected chi connectivity index (χ4v) is 3.59. The first-order valence-corrected chi connectivity index (χ1v) is 8.46. The molecule has 0 aliphatic heterocycles. The second-order valence-electron chi connectivity index (χ2n) is 4.39. The molecule has 0 unspecified atom stereocenters. The Kier molecular flexibility index (Phi) is 3.80. The topological polar surface area (TPSA) is 114 Å². The van der Waals surface area contributed by atoms with Gasteiger partial charge in [0, 0.05) is 6.26 Å². The summed E-state index contributed by atoms with van der Waals surface area (Å²) in [6.07, 6.45) is 1.05. The predicted octanol–water partition coefficient (Wildman–Crippen LogP) is 1.49. The summed E-state index contributed by atoms with van der Waals surface area (Å²) in [5, 5.41) is 9.29. The Hall–Kier alpha value is -2.24. The standard InChI is InChI=1S/C13H11N3O3S2/c1-7-11(20-13(16-7)12(15)17)8-3-4-10(21(2,18)19)9(5-8)6-14/h3-5H,1-2H3,(H2,15,17). The van der Waals surface area contributed by atoms with Gasteiger partial charge in [-0.15, -0.1) is 11.3 Å². The maximum atomic E-state index is 11.6. The molecule has 108 valence electrons. The molecular weight excluding hydrogens is 310 g/mol. The third kappa shape index (κ3) is 2.94. The fraction of sp³-hybridized carbons (Fsp3) is 0.154. The lowest BCUT2D eigenvalue weighted by Gasteiger charge is -2.04. The van der Waals surface area contributed by atoms with Crippen LogP contribution in [0.15, 0.2) is 23.1 Å². The van der Waals surface area contributed by atoms with Crippen LogP contribution < -0.4 is 5.73 Å². The highest BCUT2D eigenvalue weighted by Crippen LogP contribution is 2.32. The Morgan fingerprint density at radius 1 is 1.43 bits per heavy atom. The number of aryl methyl sites for hydroxylation is 1. The van der Waals surface area contributed by atoms with Crippen LogP contribution in [0.4, 0.5) is 0 Å². The zero-order valence-electron chi connectivity index (χ0n) is 11.2. The lowest BCUT2D eigenvalue weighted by molar-refractivity contribution is 0.1000. The summed E-state index contributed by atoms with van der Waals surface area (Å²) in [7, 11) is -3.47. The van der Waals surface area contributed by atoms with Crippen molar-refractivity contribution in [3.8, 4) is 16.5 Å². The largest absolute Gasteiger partial charge is 0.364 e. The average Bonchev–Trinajstić information content (AvgIpc) is 2.79. The maximum absolute atomic E-state index is 11.6. The molecule has 2 aromatic rings. The molecule has 2 N–H and O–H groups in total. The van der Waals surface area contributed by atoms with E-state index in [0.29, 0.717) is 16.1 Å². The third-order valence-electron chi connectivity index (χ3n) is 2.77.